The van der Waals surface area contributed by atoms with E-state index in [1.807, 2.05) is 0 Å². The molecule has 0 radical (unpaired) electrons. The Kier molecular flexibility index (Phi) is 4.65. The standard InChI is InChI=1S/C19H24BNO/c1-19(17-11-5-3-6-12-17,18-13-7-4-8-14-18)22-20(2)21-15-9-10-16-21/h3-8,11-14H,9-10,15-16H2,1-2H3. The first-order chi connectivity index (χ1) is 10.7. The maximum absolute atomic E-state index is 6.62. The highest BCUT2D eigenvalue weighted by molar-refractivity contribution is 6.47. The Bertz CT molecular complexity index is 541. The number of nitrogens with zero attached hydrogens (tertiary/aromatic N) is 1. The molecule has 0 N–H and O–H groups in total. The number of hydrogen-bond donors (Lipinski definition) is 0. The first-order valence-corrected chi connectivity index (χ1v) is 8.23. The maximum atomic E-state index is 6.62. The van der Waals surface area contributed by atoms with Crippen LogP contribution in [0.15, 0.2) is 60.7 Å². The average Bonchev–Trinajstić information content (AvgIpc) is 3.11. The third-order valence-corrected chi connectivity index (χ3v) is 4.71. The quantitative estimate of drug-likeness (QED) is 0.767. The second kappa shape index (κ2) is 6.68. The molecule has 2 aromatic carbocycles. The van der Waals surface area contributed by atoms with Crippen LogP contribution in [0.4, 0.5) is 0 Å². The van der Waals surface area contributed by atoms with Gasteiger partial charge in [-0.2, -0.15) is 0 Å². The molecule has 0 bridgehead atoms. The maximum Gasteiger partial charge on any atom is 0.380 e. The average molecular weight is 293 g/mol. The molecule has 2 aromatic rings. The first-order valence-electron chi connectivity index (χ1n) is 8.23. The van der Waals surface area contributed by atoms with Gasteiger partial charge in [0.25, 0.3) is 0 Å². The van der Waals surface area contributed by atoms with Crippen molar-refractivity contribution in [2.24, 2.45) is 0 Å². The van der Waals surface area contributed by atoms with Crippen LogP contribution in [0.2, 0.25) is 6.82 Å². The lowest BCUT2D eigenvalue weighted by atomic mass is 9.79. The van der Waals surface area contributed by atoms with Gasteiger partial charge in [-0.3, -0.25) is 0 Å². The fourth-order valence-corrected chi connectivity index (χ4v) is 3.34. The van der Waals surface area contributed by atoms with Gasteiger partial charge in [0.1, 0.15) is 5.60 Å². The second-order valence-electron chi connectivity index (χ2n) is 6.23. The van der Waals surface area contributed by atoms with Crippen LogP contribution in [0.5, 0.6) is 0 Å². The molecule has 3 rings (SSSR count). The number of benzene rings is 2. The zero-order chi connectivity index (χ0) is 15.4. The van der Waals surface area contributed by atoms with Crippen molar-refractivity contribution in [3.05, 3.63) is 71.8 Å². The first kappa shape index (κ1) is 15.3. The summed E-state index contributed by atoms with van der Waals surface area (Å²) < 4.78 is 6.62. The van der Waals surface area contributed by atoms with E-state index in [0.29, 0.717) is 0 Å². The SMILES string of the molecule is CB(OC(C)(c1ccccc1)c1ccccc1)N1CCCC1. The smallest absolute Gasteiger partial charge is 0.380 e. The van der Waals surface area contributed by atoms with Crippen molar-refractivity contribution >= 4 is 7.05 Å². The fraction of sp³-hybridized carbons (Fsp3) is 0.368. The van der Waals surface area contributed by atoms with Crippen molar-refractivity contribution < 1.29 is 4.65 Å². The summed E-state index contributed by atoms with van der Waals surface area (Å²) in [6, 6.07) is 21.1. The van der Waals surface area contributed by atoms with Gasteiger partial charge in [-0.25, -0.2) is 0 Å². The monoisotopic (exact) mass is 293 g/mol. The lowest BCUT2D eigenvalue weighted by Gasteiger charge is -2.36. The summed E-state index contributed by atoms with van der Waals surface area (Å²) in [4.78, 5) is 2.43. The molecule has 2 nitrogen and oxygen atoms in total. The number of rotatable bonds is 5. The minimum atomic E-state index is -0.426. The summed E-state index contributed by atoms with van der Waals surface area (Å²) in [5.41, 5.74) is 1.98. The minimum absolute atomic E-state index is 0.118. The zero-order valence-corrected chi connectivity index (χ0v) is 13.5. The summed E-state index contributed by atoms with van der Waals surface area (Å²) >= 11 is 0. The third-order valence-electron chi connectivity index (χ3n) is 4.71. The summed E-state index contributed by atoms with van der Waals surface area (Å²) in [6.45, 7) is 6.64. The van der Waals surface area contributed by atoms with E-state index in [-0.39, 0.29) is 7.05 Å². The molecule has 3 heteroatoms. The normalized spacial score (nSPS) is 15.9. The van der Waals surface area contributed by atoms with Gasteiger partial charge < -0.3 is 9.47 Å². The predicted octanol–water partition coefficient (Wildman–Crippen LogP) is 4.18. The molecule has 1 saturated heterocycles. The van der Waals surface area contributed by atoms with Gasteiger partial charge in [0.05, 0.1) is 0 Å². The van der Waals surface area contributed by atoms with E-state index in [1.54, 1.807) is 0 Å². The largest absolute Gasteiger partial charge is 0.408 e. The van der Waals surface area contributed by atoms with Crippen LogP contribution in [-0.4, -0.2) is 25.0 Å². The van der Waals surface area contributed by atoms with Gasteiger partial charge in [-0.15, -0.1) is 0 Å². The molecule has 1 heterocycles. The highest BCUT2D eigenvalue weighted by Gasteiger charge is 2.35. The molecule has 0 saturated carbocycles. The van der Waals surface area contributed by atoms with Gasteiger partial charge >= 0.3 is 7.05 Å². The summed E-state index contributed by atoms with van der Waals surface area (Å²) in [7, 11) is 0.118. The lowest BCUT2D eigenvalue weighted by molar-refractivity contribution is 0.113. The zero-order valence-electron chi connectivity index (χ0n) is 13.5. The van der Waals surface area contributed by atoms with Gasteiger partial charge in [0.15, 0.2) is 0 Å². The van der Waals surface area contributed by atoms with E-state index < -0.39 is 5.60 Å². The Balaban J connectivity index is 1.93. The van der Waals surface area contributed by atoms with Crippen LogP contribution in [0.3, 0.4) is 0 Å². The van der Waals surface area contributed by atoms with Crippen molar-refractivity contribution in [1.82, 2.24) is 4.81 Å². The summed E-state index contributed by atoms with van der Waals surface area (Å²) in [5, 5.41) is 0. The summed E-state index contributed by atoms with van der Waals surface area (Å²) in [6.07, 6.45) is 2.56. The van der Waals surface area contributed by atoms with Gasteiger partial charge in [0, 0.05) is 0 Å². The van der Waals surface area contributed by atoms with Crippen molar-refractivity contribution in [2.75, 3.05) is 13.1 Å². The summed E-state index contributed by atoms with van der Waals surface area (Å²) in [5.74, 6) is 0. The Labute approximate surface area is 134 Å². The van der Waals surface area contributed by atoms with Crippen LogP contribution in [0, 0.1) is 0 Å². The Morgan fingerprint density at radius 2 is 1.32 bits per heavy atom. The molecule has 0 spiro atoms. The van der Waals surface area contributed by atoms with E-state index in [2.05, 4.69) is 79.2 Å². The van der Waals surface area contributed by atoms with Crippen LogP contribution in [0.1, 0.15) is 30.9 Å². The van der Waals surface area contributed by atoms with Crippen molar-refractivity contribution in [1.29, 1.82) is 0 Å². The third kappa shape index (κ3) is 3.11. The topological polar surface area (TPSA) is 12.5 Å². The highest BCUT2D eigenvalue weighted by atomic mass is 16.5. The molecule has 0 aromatic heterocycles. The van der Waals surface area contributed by atoms with Crippen LogP contribution < -0.4 is 0 Å². The Morgan fingerprint density at radius 1 is 0.864 bits per heavy atom. The highest BCUT2D eigenvalue weighted by Crippen LogP contribution is 2.34. The molecule has 0 aliphatic carbocycles. The van der Waals surface area contributed by atoms with E-state index in [1.165, 1.54) is 24.0 Å². The van der Waals surface area contributed by atoms with E-state index in [9.17, 15) is 0 Å². The van der Waals surface area contributed by atoms with Gasteiger partial charge in [-0.1, -0.05) is 60.7 Å². The van der Waals surface area contributed by atoms with Crippen LogP contribution in [-0.2, 0) is 10.3 Å². The fourth-order valence-electron chi connectivity index (χ4n) is 3.34. The van der Waals surface area contributed by atoms with Crippen molar-refractivity contribution in [3.8, 4) is 0 Å². The molecule has 1 aliphatic heterocycles. The lowest BCUT2D eigenvalue weighted by Crippen LogP contribution is -2.43. The van der Waals surface area contributed by atoms with Crippen LogP contribution in [0.25, 0.3) is 0 Å². The molecular weight excluding hydrogens is 269 g/mol. The van der Waals surface area contributed by atoms with Crippen molar-refractivity contribution in [3.63, 3.8) is 0 Å². The molecule has 1 fully saturated rings. The molecule has 22 heavy (non-hydrogen) atoms. The van der Waals surface area contributed by atoms with E-state index in [0.717, 1.165) is 13.1 Å². The molecule has 1 aliphatic rings. The Morgan fingerprint density at radius 3 is 1.77 bits per heavy atom. The van der Waals surface area contributed by atoms with Gasteiger partial charge in [0.2, 0.25) is 0 Å². The molecule has 0 atom stereocenters. The molecule has 0 unspecified atom stereocenters. The number of hydrogen-bond acceptors (Lipinski definition) is 2. The molecule has 0 amide bonds. The predicted molar refractivity (Wildman–Crippen MR) is 92.8 cm³/mol. The van der Waals surface area contributed by atoms with Gasteiger partial charge in [-0.05, 0) is 50.8 Å². The van der Waals surface area contributed by atoms with Crippen molar-refractivity contribution in [2.45, 2.75) is 32.2 Å². The molecular formula is C19H24BNO. The second-order valence-corrected chi connectivity index (χ2v) is 6.23. The Hall–Kier alpha value is -1.58. The van der Waals surface area contributed by atoms with E-state index in [4.69, 9.17) is 4.65 Å². The minimum Gasteiger partial charge on any atom is -0.408 e. The molecule has 114 valence electrons. The van der Waals surface area contributed by atoms with Crippen LogP contribution >= 0.6 is 0 Å². The van der Waals surface area contributed by atoms with E-state index >= 15 is 0 Å².